The number of benzene rings is 1. The van der Waals surface area contributed by atoms with E-state index in [-0.39, 0.29) is 12.2 Å². The lowest BCUT2D eigenvalue weighted by Gasteiger charge is -2.58. The molecule has 1 heterocycles. The molecule has 8 nitrogen and oxygen atoms in total. The minimum atomic E-state index is -1.70. The lowest BCUT2D eigenvalue weighted by molar-refractivity contribution is -0.370. The van der Waals surface area contributed by atoms with Crippen LogP contribution >= 0.6 is 11.6 Å². The molecule has 3 aliphatic rings. The molecular weight excluding hydrogens is 486 g/mol. The van der Waals surface area contributed by atoms with Crippen molar-refractivity contribution in [3.63, 3.8) is 0 Å². The number of hydrogen-bond acceptors (Lipinski definition) is 7. The molecule has 196 valence electrons. The molecule has 36 heavy (non-hydrogen) atoms. The zero-order valence-corrected chi connectivity index (χ0v) is 22.3. The molecule has 1 aromatic carbocycles. The Morgan fingerprint density at radius 2 is 1.81 bits per heavy atom. The standard InChI is InChI=1S/C27H34ClNO7/c1-24(2,3)35-19(30)14-29-23(33)20-21(31)17-13-16(28)9-10-18(17)27(22(20)32)25(4,5)15-34-26(36-27)11-7-6-8-12-26/h9-10,13,20H,6-8,11-12,14-15H2,1-5H3,(H,29,33). The minimum absolute atomic E-state index is 0.167. The van der Waals surface area contributed by atoms with Gasteiger partial charge in [0.05, 0.1) is 6.61 Å². The highest BCUT2D eigenvalue weighted by atomic mass is 35.5. The highest BCUT2D eigenvalue weighted by Crippen LogP contribution is 2.57. The third-order valence-corrected chi connectivity index (χ3v) is 7.43. The predicted molar refractivity (Wildman–Crippen MR) is 131 cm³/mol. The molecule has 0 bridgehead atoms. The second-order valence-corrected chi connectivity index (χ2v) is 12.0. The van der Waals surface area contributed by atoms with Crippen molar-refractivity contribution in [3.05, 3.63) is 34.3 Å². The third kappa shape index (κ3) is 4.59. The van der Waals surface area contributed by atoms with Crippen molar-refractivity contribution in [1.82, 2.24) is 5.32 Å². The van der Waals surface area contributed by atoms with Gasteiger partial charge in [0.2, 0.25) is 5.91 Å². The van der Waals surface area contributed by atoms with E-state index in [0.717, 1.165) is 19.3 Å². The van der Waals surface area contributed by atoms with E-state index in [1.807, 2.05) is 13.8 Å². The number of rotatable bonds is 3. The first-order valence-electron chi connectivity index (χ1n) is 12.4. The summed E-state index contributed by atoms with van der Waals surface area (Å²) >= 11 is 6.25. The molecule has 9 heteroatoms. The predicted octanol–water partition coefficient (Wildman–Crippen LogP) is 4.11. The Morgan fingerprint density at radius 1 is 1.14 bits per heavy atom. The van der Waals surface area contributed by atoms with Gasteiger partial charge in [-0.25, -0.2) is 0 Å². The van der Waals surface area contributed by atoms with Crippen molar-refractivity contribution < 1.29 is 33.4 Å². The van der Waals surface area contributed by atoms with Crippen LogP contribution < -0.4 is 5.32 Å². The highest BCUT2D eigenvalue weighted by Gasteiger charge is 2.67. The summed E-state index contributed by atoms with van der Waals surface area (Å²) in [5.74, 6) is -5.54. The van der Waals surface area contributed by atoms with Gasteiger partial charge in [0, 0.05) is 34.4 Å². The van der Waals surface area contributed by atoms with Gasteiger partial charge < -0.3 is 19.5 Å². The van der Waals surface area contributed by atoms with Gasteiger partial charge in [-0.2, -0.15) is 0 Å². The average Bonchev–Trinajstić information content (AvgIpc) is 2.78. The zero-order chi connectivity index (χ0) is 26.5. The fraction of sp³-hybridized carbons (Fsp3) is 0.630. The lowest BCUT2D eigenvalue weighted by Crippen LogP contribution is -2.68. The van der Waals surface area contributed by atoms with Crippen LogP contribution in [0, 0.1) is 11.3 Å². The first kappa shape index (κ1) is 26.8. The van der Waals surface area contributed by atoms with Crippen molar-refractivity contribution in [3.8, 4) is 0 Å². The zero-order valence-electron chi connectivity index (χ0n) is 21.5. The number of ether oxygens (including phenoxy) is 3. The van der Waals surface area contributed by atoms with Crippen LogP contribution in [0.5, 0.6) is 0 Å². The van der Waals surface area contributed by atoms with Crippen molar-refractivity contribution in [1.29, 1.82) is 0 Å². The number of carbonyl (C=O) groups is 4. The molecule has 1 N–H and O–H groups in total. The second-order valence-electron chi connectivity index (χ2n) is 11.6. The van der Waals surface area contributed by atoms with E-state index < -0.39 is 58.3 Å². The van der Waals surface area contributed by atoms with Crippen molar-refractivity contribution in [2.24, 2.45) is 11.3 Å². The van der Waals surface area contributed by atoms with Gasteiger partial charge in [-0.1, -0.05) is 37.9 Å². The Labute approximate surface area is 216 Å². The molecule has 0 radical (unpaired) electrons. The van der Waals surface area contributed by atoms with Crippen LogP contribution in [0.15, 0.2) is 18.2 Å². The average molecular weight is 520 g/mol. The van der Waals surface area contributed by atoms with Gasteiger partial charge in [-0.05, 0) is 45.7 Å². The molecule has 2 spiro atoms. The molecule has 2 unspecified atom stereocenters. The third-order valence-electron chi connectivity index (χ3n) is 7.19. The maximum atomic E-state index is 14.3. The van der Waals surface area contributed by atoms with E-state index in [1.165, 1.54) is 6.07 Å². The molecule has 0 aromatic heterocycles. The molecule has 2 atom stereocenters. The van der Waals surface area contributed by atoms with Crippen LogP contribution in [0.25, 0.3) is 0 Å². The summed E-state index contributed by atoms with van der Waals surface area (Å²) < 4.78 is 18.2. The molecule has 1 aliphatic heterocycles. The van der Waals surface area contributed by atoms with Gasteiger partial charge in [0.25, 0.3) is 0 Å². The first-order chi connectivity index (χ1) is 16.7. The SMILES string of the molecule is CC(C)(C)OC(=O)CNC(=O)C1C(=O)c2cc(Cl)ccc2C2(OC3(CCCCC3)OCC2(C)C)C1=O. The van der Waals surface area contributed by atoms with E-state index in [1.54, 1.807) is 32.9 Å². The Morgan fingerprint density at radius 3 is 2.44 bits per heavy atom. The summed E-state index contributed by atoms with van der Waals surface area (Å²) in [7, 11) is 0. The van der Waals surface area contributed by atoms with Gasteiger partial charge in [0.1, 0.15) is 12.1 Å². The normalized spacial score (nSPS) is 27.0. The van der Waals surface area contributed by atoms with Crippen molar-refractivity contribution in [2.75, 3.05) is 13.2 Å². The smallest absolute Gasteiger partial charge is 0.325 e. The number of halogens is 1. The number of amides is 1. The molecule has 1 aromatic rings. The highest BCUT2D eigenvalue weighted by molar-refractivity contribution is 6.33. The minimum Gasteiger partial charge on any atom is -0.459 e. The molecule has 2 fully saturated rings. The number of ketones is 2. The number of hydrogen-bond donors (Lipinski definition) is 1. The Bertz CT molecular complexity index is 1100. The Hall–Kier alpha value is -2.29. The van der Waals surface area contributed by atoms with Gasteiger partial charge >= 0.3 is 5.97 Å². The number of fused-ring (bicyclic) bond motifs is 2. The summed E-state index contributed by atoms with van der Waals surface area (Å²) in [4.78, 5) is 53.4. The number of nitrogens with one attached hydrogen (secondary N) is 1. The van der Waals surface area contributed by atoms with Gasteiger partial charge in [0.15, 0.2) is 28.9 Å². The maximum absolute atomic E-state index is 14.3. The Kier molecular flexibility index (Phi) is 6.86. The topological polar surface area (TPSA) is 108 Å². The van der Waals surface area contributed by atoms with Gasteiger partial charge in [-0.3, -0.25) is 19.2 Å². The molecule has 1 saturated heterocycles. The van der Waals surface area contributed by atoms with Crippen LogP contribution in [-0.2, 0) is 34.2 Å². The van der Waals surface area contributed by atoms with Crippen molar-refractivity contribution in [2.45, 2.75) is 83.7 Å². The Balaban J connectivity index is 1.76. The first-order valence-corrected chi connectivity index (χ1v) is 12.8. The van der Waals surface area contributed by atoms with Gasteiger partial charge in [-0.15, -0.1) is 0 Å². The number of carbonyl (C=O) groups excluding carboxylic acids is 4. The van der Waals surface area contributed by atoms with Crippen LogP contribution in [-0.4, -0.2) is 48.0 Å². The summed E-state index contributed by atoms with van der Waals surface area (Å²) in [5.41, 5.74) is -2.69. The summed E-state index contributed by atoms with van der Waals surface area (Å²) in [6.07, 6.45) is 4.04. The van der Waals surface area contributed by atoms with E-state index in [9.17, 15) is 19.2 Å². The summed E-state index contributed by atoms with van der Waals surface area (Å²) in [6, 6.07) is 4.74. The van der Waals surface area contributed by atoms with E-state index in [4.69, 9.17) is 25.8 Å². The molecule has 2 aliphatic carbocycles. The van der Waals surface area contributed by atoms with E-state index in [2.05, 4.69) is 5.32 Å². The van der Waals surface area contributed by atoms with E-state index >= 15 is 0 Å². The molecular formula is C27H34ClNO7. The fourth-order valence-electron chi connectivity index (χ4n) is 5.52. The largest absolute Gasteiger partial charge is 0.459 e. The maximum Gasteiger partial charge on any atom is 0.325 e. The quantitative estimate of drug-likeness (QED) is 0.473. The number of esters is 1. The van der Waals surface area contributed by atoms with Crippen LogP contribution in [0.3, 0.4) is 0 Å². The van der Waals surface area contributed by atoms with Crippen LogP contribution in [0.4, 0.5) is 0 Å². The summed E-state index contributed by atoms with van der Waals surface area (Å²) in [5, 5.41) is 2.73. The fourth-order valence-corrected chi connectivity index (χ4v) is 5.69. The number of Topliss-reactive ketones (excluding diaryl/α,β-unsaturated/α-hetero) is 2. The monoisotopic (exact) mass is 519 g/mol. The second kappa shape index (κ2) is 9.23. The summed E-state index contributed by atoms with van der Waals surface area (Å²) in [6.45, 7) is 8.53. The van der Waals surface area contributed by atoms with E-state index in [0.29, 0.717) is 23.4 Å². The molecule has 4 rings (SSSR count). The molecule has 1 amide bonds. The van der Waals surface area contributed by atoms with Crippen LogP contribution in [0.1, 0.15) is 82.6 Å². The lowest BCUT2D eigenvalue weighted by atomic mass is 9.59. The van der Waals surface area contributed by atoms with Crippen molar-refractivity contribution >= 4 is 35.0 Å². The van der Waals surface area contributed by atoms with Crippen LogP contribution in [0.2, 0.25) is 5.02 Å². The molecule has 1 saturated carbocycles.